The molecule has 19 heavy (non-hydrogen) atoms. The van der Waals surface area contributed by atoms with Gasteiger partial charge in [-0.1, -0.05) is 43.9 Å². The molecule has 1 fully saturated rings. The van der Waals surface area contributed by atoms with Crippen LogP contribution in [0.25, 0.3) is 11.0 Å². The summed E-state index contributed by atoms with van der Waals surface area (Å²) in [5.41, 5.74) is 2.46. The molecule has 0 atom stereocenters. The molecular weight excluding hydrogens is 276 g/mol. The molecule has 3 rings (SSSR count). The Morgan fingerprint density at radius 2 is 2.05 bits per heavy atom. The largest absolute Gasteiger partial charge is 0.329 e. The van der Waals surface area contributed by atoms with Gasteiger partial charge in [0.2, 0.25) is 0 Å². The highest BCUT2D eigenvalue weighted by Crippen LogP contribution is 2.38. The molecule has 0 amide bonds. The van der Waals surface area contributed by atoms with E-state index in [0.29, 0.717) is 5.41 Å². The Bertz CT molecular complexity index is 650. The van der Waals surface area contributed by atoms with Gasteiger partial charge in [-0.2, -0.15) is 0 Å². The highest BCUT2D eigenvalue weighted by atomic mass is 35.5. The van der Waals surface area contributed by atoms with E-state index in [1.807, 2.05) is 12.1 Å². The van der Waals surface area contributed by atoms with Crippen LogP contribution in [0, 0.1) is 10.2 Å². The fourth-order valence-electron chi connectivity index (χ4n) is 3.25. The van der Waals surface area contributed by atoms with Crippen molar-refractivity contribution in [3.8, 4) is 0 Å². The van der Waals surface area contributed by atoms with Crippen molar-refractivity contribution in [3.63, 3.8) is 0 Å². The van der Waals surface area contributed by atoms with Gasteiger partial charge in [0.05, 0.1) is 16.1 Å². The number of halogens is 1. The lowest BCUT2D eigenvalue weighted by atomic mass is 9.75. The Balaban J connectivity index is 2.03. The molecule has 0 aliphatic heterocycles. The molecule has 0 bridgehead atoms. The van der Waals surface area contributed by atoms with Gasteiger partial charge in [0.1, 0.15) is 0 Å². The number of para-hydroxylation sites is 1. The maximum Gasteiger partial charge on any atom is 0.178 e. The third kappa shape index (κ3) is 2.46. The predicted octanol–water partition coefficient (Wildman–Crippen LogP) is 5.32. The average molecular weight is 295 g/mol. The number of aromatic nitrogens is 2. The number of rotatable bonds is 2. The number of imidazole rings is 1. The second kappa shape index (κ2) is 4.95. The Hall–Kier alpha value is -0.800. The van der Waals surface area contributed by atoms with Crippen LogP contribution in [0.3, 0.4) is 0 Å². The van der Waals surface area contributed by atoms with Crippen molar-refractivity contribution < 1.29 is 0 Å². The van der Waals surface area contributed by atoms with Crippen LogP contribution in [0.2, 0.25) is 5.02 Å². The number of nitrogens with zero attached hydrogens (tertiary/aromatic N) is 1. The number of hydrogen-bond donors (Lipinski definition) is 1. The normalized spacial score (nSPS) is 18.8. The molecule has 1 heterocycles. The van der Waals surface area contributed by atoms with Crippen molar-refractivity contribution in [2.75, 3.05) is 0 Å². The lowest BCUT2D eigenvalue weighted by molar-refractivity contribution is 0.184. The zero-order valence-electron chi connectivity index (χ0n) is 11.2. The standard InChI is InChI=1S/C15H19ClN2S/c1-15(8-3-2-4-9-15)10-18-12-7-5-6-11(16)13(12)17-14(18)19/h5-7H,2-4,8-10H2,1H3,(H,17,19). The van der Waals surface area contributed by atoms with Crippen LogP contribution in [0.15, 0.2) is 18.2 Å². The Morgan fingerprint density at radius 1 is 1.32 bits per heavy atom. The van der Waals surface area contributed by atoms with Gasteiger partial charge in [0, 0.05) is 6.54 Å². The van der Waals surface area contributed by atoms with Crippen LogP contribution in [-0.4, -0.2) is 9.55 Å². The monoisotopic (exact) mass is 294 g/mol. The Morgan fingerprint density at radius 3 is 2.79 bits per heavy atom. The molecule has 1 saturated carbocycles. The molecule has 102 valence electrons. The van der Waals surface area contributed by atoms with Crippen molar-refractivity contribution in [1.29, 1.82) is 0 Å². The summed E-state index contributed by atoms with van der Waals surface area (Å²) in [6, 6.07) is 5.99. The van der Waals surface area contributed by atoms with Gasteiger partial charge in [-0.3, -0.25) is 0 Å². The molecule has 0 spiro atoms. The number of benzene rings is 1. The maximum absolute atomic E-state index is 6.23. The number of nitrogens with one attached hydrogen (secondary N) is 1. The number of aromatic amines is 1. The van der Waals surface area contributed by atoms with E-state index in [0.717, 1.165) is 27.4 Å². The SMILES string of the molecule is CC1(Cn2c(=S)[nH]c3c(Cl)cccc32)CCCCC1. The first-order valence-electron chi connectivity index (χ1n) is 6.96. The lowest BCUT2D eigenvalue weighted by Crippen LogP contribution is -2.26. The molecule has 2 nitrogen and oxygen atoms in total. The molecular formula is C15H19ClN2S. The number of H-pyrrole nitrogens is 1. The van der Waals surface area contributed by atoms with Crippen LogP contribution in [0.4, 0.5) is 0 Å². The van der Waals surface area contributed by atoms with E-state index < -0.39 is 0 Å². The van der Waals surface area contributed by atoms with Crippen molar-refractivity contribution in [1.82, 2.24) is 9.55 Å². The van der Waals surface area contributed by atoms with Crippen LogP contribution >= 0.6 is 23.8 Å². The maximum atomic E-state index is 6.23. The summed E-state index contributed by atoms with van der Waals surface area (Å²) in [7, 11) is 0. The zero-order valence-corrected chi connectivity index (χ0v) is 12.8. The predicted molar refractivity (Wildman–Crippen MR) is 83.3 cm³/mol. The molecule has 2 aromatic rings. The minimum absolute atomic E-state index is 0.369. The van der Waals surface area contributed by atoms with Crippen LogP contribution in [-0.2, 0) is 6.54 Å². The topological polar surface area (TPSA) is 20.7 Å². The van der Waals surface area contributed by atoms with E-state index >= 15 is 0 Å². The first-order chi connectivity index (χ1) is 9.09. The zero-order chi connectivity index (χ0) is 13.5. The van der Waals surface area contributed by atoms with E-state index in [9.17, 15) is 0 Å². The van der Waals surface area contributed by atoms with Crippen molar-refractivity contribution >= 4 is 34.9 Å². The molecule has 1 N–H and O–H groups in total. The van der Waals surface area contributed by atoms with Crippen molar-refractivity contribution in [2.45, 2.75) is 45.6 Å². The highest BCUT2D eigenvalue weighted by molar-refractivity contribution is 7.71. The average Bonchev–Trinajstić information content (AvgIpc) is 2.69. The Kier molecular flexibility index (Phi) is 3.44. The van der Waals surface area contributed by atoms with Crippen LogP contribution in [0.1, 0.15) is 39.0 Å². The molecule has 0 saturated heterocycles. The van der Waals surface area contributed by atoms with E-state index in [-0.39, 0.29) is 0 Å². The van der Waals surface area contributed by atoms with Gasteiger partial charge in [-0.05, 0) is 42.6 Å². The molecule has 1 aromatic heterocycles. The van der Waals surface area contributed by atoms with Gasteiger partial charge in [0.15, 0.2) is 4.77 Å². The second-order valence-electron chi connectivity index (χ2n) is 6.02. The summed E-state index contributed by atoms with van der Waals surface area (Å²) >= 11 is 11.7. The first-order valence-corrected chi connectivity index (χ1v) is 7.75. The number of fused-ring (bicyclic) bond motifs is 1. The second-order valence-corrected chi connectivity index (χ2v) is 6.82. The quantitative estimate of drug-likeness (QED) is 0.743. The van der Waals surface area contributed by atoms with Gasteiger partial charge in [-0.15, -0.1) is 0 Å². The van der Waals surface area contributed by atoms with Crippen molar-refractivity contribution in [3.05, 3.63) is 28.0 Å². The first kappa shape index (κ1) is 13.2. The van der Waals surface area contributed by atoms with Crippen LogP contribution in [0.5, 0.6) is 0 Å². The molecule has 1 aliphatic carbocycles. The van der Waals surface area contributed by atoms with Gasteiger partial charge >= 0.3 is 0 Å². The van der Waals surface area contributed by atoms with Gasteiger partial charge in [-0.25, -0.2) is 0 Å². The van der Waals surface area contributed by atoms with Gasteiger partial charge < -0.3 is 9.55 Å². The minimum Gasteiger partial charge on any atom is -0.329 e. The summed E-state index contributed by atoms with van der Waals surface area (Å²) < 4.78 is 3.01. The Labute approximate surface area is 123 Å². The lowest BCUT2D eigenvalue weighted by Gasteiger charge is -2.34. The summed E-state index contributed by atoms with van der Waals surface area (Å²) in [4.78, 5) is 3.25. The van der Waals surface area contributed by atoms with E-state index in [1.54, 1.807) is 0 Å². The van der Waals surface area contributed by atoms with E-state index in [1.165, 1.54) is 32.1 Å². The third-order valence-electron chi connectivity index (χ3n) is 4.36. The highest BCUT2D eigenvalue weighted by Gasteiger charge is 2.28. The minimum atomic E-state index is 0.369. The fraction of sp³-hybridized carbons (Fsp3) is 0.533. The summed E-state index contributed by atoms with van der Waals surface area (Å²) in [5.74, 6) is 0. The smallest absolute Gasteiger partial charge is 0.178 e. The molecule has 4 heteroatoms. The molecule has 1 aromatic carbocycles. The summed E-state index contributed by atoms with van der Waals surface area (Å²) in [5, 5.41) is 0.746. The molecule has 1 aliphatic rings. The summed E-state index contributed by atoms with van der Waals surface area (Å²) in [6.07, 6.45) is 6.64. The van der Waals surface area contributed by atoms with Crippen LogP contribution < -0.4 is 0 Å². The summed E-state index contributed by atoms with van der Waals surface area (Å²) in [6.45, 7) is 3.38. The number of hydrogen-bond acceptors (Lipinski definition) is 1. The molecule has 0 unspecified atom stereocenters. The van der Waals surface area contributed by atoms with Crippen molar-refractivity contribution in [2.24, 2.45) is 5.41 Å². The fourth-order valence-corrected chi connectivity index (χ4v) is 3.73. The third-order valence-corrected chi connectivity index (χ3v) is 5.00. The van der Waals surface area contributed by atoms with E-state index in [4.69, 9.17) is 23.8 Å². The van der Waals surface area contributed by atoms with Gasteiger partial charge in [0.25, 0.3) is 0 Å². The van der Waals surface area contributed by atoms with E-state index in [2.05, 4.69) is 22.5 Å². The molecule has 0 radical (unpaired) electrons.